The average Bonchev–Trinajstić information content (AvgIpc) is 2.80. The standard InChI is InChI=1S/C25H42N8O3/c1-24(2,16-30-21(27)31-22(34)28-5)15-25(3,4)17-33-12-8-9-13-36-19-11-7-6-10-18(19)14-29-20(26)32-23(33)35/h6-7,10-11H,8-9,12-17H2,1-5H3,(H3,26,29,32,35)(H4,27,28,30,31,34). The van der Waals surface area contributed by atoms with Gasteiger partial charge in [0.25, 0.3) is 0 Å². The van der Waals surface area contributed by atoms with Gasteiger partial charge in [0, 0.05) is 38.8 Å². The molecule has 0 saturated carbocycles. The van der Waals surface area contributed by atoms with Crippen molar-refractivity contribution in [2.75, 3.05) is 33.3 Å². The van der Waals surface area contributed by atoms with E-state index in [9.17, 15) is 9.59 Å². The van der Waals surface area contributed by atoms with Crippen molar-refractivity contribution in [1.82, 2.24) is 31.5 Å². The lowest BCUT2D eigenvalue weighted by Gasteiger charge is -2.38. The number of rotatable bonds is 6. The Morgan fingerprint density at radius 3 is 2.61 bits per heavy atom. The van der Waals surface area contributed by atoms with Gasteiger partial charge in [0.1, 0.15) is 5.75 Å². The molecule has 1 aliphatic heterocycles. The van der Waals surface area contributed by atoms with Crippen molar-refractivity contribution >= 4 is 24.0 Å². The second kappa shape index (κ2) is 13.0. The molecule has 11 nitrogen and oxygen atoms in total. The highest BCUT2D eigenvalue weighted by Crippen LogP contribution is 2.34. The Bertz CT molecular complexity index is 932. The maximum Gasteiger partial charge on any atom is 0.324 e. The quantitative estimate of drug-likeness (QED) is 0.235. The van der Waals surface area contributed by atoms with E-state index in [2.05, 4.69) is 54.3 Å². The Kier molecular flexibility index (Phi) is 10.4. The zero-order valence-corrected chi connectivity index (χ0v) is 22.1. The van der Waals surface area contributed by atoms with Crippen LogP contribution in [0.3, 0.4) is 0 Å². The third-order valence-corrected chi connectivity index (χ3v) is 5.81. The molecule has 0 atom stereocenters. The van der Waals surface area contributed by atoms with Crippen LogP contribution in [0.2, 0.25) is 0 Å². The lowest BCUT2D eigenvalue weighted by Crippen LogP contribution is -2.51. The van der Waals surface area contributed by atoms with Gasteiger partial charge < -0.3 is 25.6 Å². The molecule has 4 amide bonds. The fourth-order valence-corrected chi connectivity index (χ4v) is 4.52. The molecule has 0 radical (unpaired) electrons. The zero-order valence-electron chi connectivity index (χ0n) is 22.1. The highest BCUT2D eigenvalue weighted by Gasteiger charge is 2.32. The smallest absolute Gasteiger partial charge is 0.324 e. The van der Waals surface area contributed by atoms with Crippen molar-refractivity contribution in [2.45, 2.75) is 53.5 Å². The van der Waals surface area contributed by atoms with Crippen LogP contribution in [0.15, 0.2) is 24.3 Å². The van der Waals surface area contributed by atoms with E-state index < -0.39 is 6.03 Å². The number of guanidine groups is 2. The van der Waals surface area contributed by atoms with Crippen LogP contribution in [0.1, 0.15) is 52.5 Å². The van der Waals surface area contributed by atoms with Gasteiger partial charge in [-0.05, 0) is 36.2 Å². The van der Waals surface area contributed by atoms with Crippen LogP contribution >= 0.6 is 0 Å². The maximum atomic E-state index is 13.1. The summed E-state index contributed by atoms with van der Waals surface area (Å²) < 4.78 is 5.95. The van der Waals surface area contributed by atoms with Crippen molar-refractivity contribution in [2.24, 2.45) is 10.8 Å². The number of hydrogen-bond donors (Lipinski definition) is 7. The van der Waals surface area contributed by atoms with Crippen molar-refractivity contribution in [3.63, 3.8) is 0 Å². The summed E-state index contributed by atoms with van der Waals surface area (Å²) in [5, 5.41) is 29.5. The third-order valence-electron chi connectivity index (χ3n) is 5.81. The van der Waals surface area contributed by atoms with Crippen LogP contribution in [0.5, 0.6) is 5.75 Å². The molecule has 1 aliphatic rings. The molecule has 0 fully saturated rings. The van der Waals surface area contributed by atoms with Gasteiger partial charge in [-0.2, -0.15) is 0 Å². The van der Waals surface area contributed by atoms with Crippen LogP contribution in [0.25, 0.3) is 0 Å². The molecule has 1 heterocycles. The molecule has 0 aromatic heterocycles. The number of carbonyl (C=O) groups excluding carboxylic acids is 2. The fraction of sp³-hybridized carbons (Fsp3) is 0.600. The van der Waals surface area contributed by atoms with Gasteiger partial charge in [-0.1, -0.05) is 45.9 Å². The summed E-state index contributed by atoms with van der Waals surface area (Å²) >= 11 is 0. The number of hydrogen-bond acceptors (Lipinski definition) is 5. The van der Waals surface area contributed by atoms with Crippen LogP contribution in [0.4, 0.5) is 9.59 Å². The van der Waals surface area contributed by atoms with Crippen molar-refractivity contribution < 1.29 is 14.3 Å². The Morgan fingerprint density at radius 2 is 1.89 bits per heavy atom. The van der Waals surface area contributed by atoms with Gasteiger partial charge in [0.05, 0.1) is 6.61 Å². The first-order valence-corrected chi connectivity index (χ1v) is 12.3. The maximum absolute atomic E-state index is 13.1. The first-order chi connectivity index (χ1) is 16.9. The molecule has 0 spiro atoms. The number of nitrogens with zero attached hydrogens (tertiary/aromatic N) is 1. The van der Waals surface area contributed by atoms with E-state index in [0.29, 0.717) is 32.8 Å². The predicted octanol–water partition coefficient (Wildman–Crippen LogP) is 2.79. The minimum absolute atomic E-state index is 0.0523. The van der Waals surface area contributed by atoms with Crippen LogP contribution < -0.4 is 31.3 Å². The summed E-state index contributed by atoms with van der Waals surface area (Å²) in [6.07, 6.45) is 2.34. The van der Waals surface area contributed by atoms with Crippen molar-refractivity contribution in [1.29, 1.82) is 10.8 Å². The minimum Gasteiger partial charge on any atom is -0.493 e. The molecule has 2 rings (SSSR count). The van der Waals surface area contributed by atoms with Gasteiger partial charge in [0.2, 0.25) is 0 Å². The molecule has 11 heteroatoms. The molecule has 1 aromatic carbocycles. The molecule has 0 aliphatic carbocycles. The monoisotopic (exact) mass is 502 g/mol. The van der Waals surface area contributed by atoms with E-state index in [1.54, 1.807) is 4.90 Å². The van der Waals surface area contributed by atoms with Gasteiger partial charge in [-0.3, -0.25) is 21.5 Å². The zero-order chi connectivity index (χ0) is 26.8. The van der Waals surface area contributed by atoms with E-state index in [1.807, 2.05) is 24.3 Å². The van der Waals surface area contributed by atoms with Gasteiger partial charge >= 0.3 is 12.1 Å². The first kappa shape index (κ1) is 28.7. The van der Waals surface area contributed by atoms with Gasteiger partial charge in [-0.15, -0.1) is 0 Å². The summed E-state index contributed by atoms with van der Waals surface area (Å²) in [5.41, 5.74) is 0.479. The first-order valence-electron chi connectivity index (χ1n) is 12.3. The second-order valence-corrected chi connectivity index (χ2v) is 10.7. The number of carbonyl (C=O) groups is 2. The summed E-state index contributed by atoms with van der Waals surface area (Å²) in [6, 6.07) is 6.95. The second-order valence-electron chi connectivity index (χ2n) is 10.7. The fourth-order valence-electron chi connectivity index (χ4n) is 4.52. The molecular weight excluding hydrogens is 460 g/mol. The molecular formula is C25H42N8O3. The Morgan fingerprint density at radius 1 is 1.17 bits per heavy atom. The van der Waals surface area contributed by atoms with E-state index in [-0.39, 0.29) is 28.8 Å². The summed E-state index contributed by atoms with van der Waals surface area (Å²) in [7, 11) is 1.49. The Balaban J connectivity index is 1.99. The van der Waals surface area contributed by atoms with E-state index in [4.69, 9.17) is 15.6 Å². The van der Waals surface area contributed by atoms with E-state index in [0.717, 1.165) is 30.6 Å². The normalized spacial score (nSPS) is 15.5. The number of para-hydroxylation sites is 1. The number of amides is 4. The number of fused-ring (bicyclic) bond motifs is 1. The average molecular weight is 503 g/mol. The van der Waals surface area contributed by atoms with Gasteiger partial charge in [0.15, 0.2) is 11.9 Å². The van der Waals surface area contributed by atoms with Crippen LogP contribution in [-0.2, 0) is 6.54 Å². The molecule has 1 aromatic rings. The highest BCUT2D eigenvalue weighted by atomic mass is 16.5. The van der Waals surface area contributed by atoms with Gasteiger partial charge in [-0.25, -0.2) is 9.59 Å². The topological polar surface area (TPSA) is 154 Å². The Labute approximate surface area is 214 Å². The number of benzene rings is 1. The van der Waals surface area contributed by atoms with Crippen molar-refractivity contribution in [3.05, 3.63) is 29.8 Å². The van der Waals surface area contributed by atoms with Crippen LogP contribution in [0, 0.1) is 21.6 Å². The van der Waals surface area contributed by atoms with E-state index in [1.165, 1.54) is 7.05 Å². The third kappa shape index (κ3) is 10.0. The number of ether oxygens (including phenoxy) is 1. The highest BCUT2D eigenvalue weighted by molar-refractivity contribution is 5.95. The molecule has 0 unspecified atom stereocenters. The molecule has 36 heavy (non-hydrogen) atoms. The lowest BCUT2D eigenvalue weighted by molar-refractivity contribution is 0.130. The molecule has 7 N–H and O–H groups in total. The Hall–Kier alpha value is -3.50. The number of urea groups is 2. The summed E-state index contributed by atoms with van der Waals surface area (Å²) in [4.78, 5) is 26.2. The predicted molar refractivity (Wildman–Crippen MR) is 141 cm³/mol. The lowest BCUT2D eigenvalue weighted by atomic mass is 9.74. The number of nitrogens with one attached hydrogen (secondary N) is 7. The molecule has 0 saturated heterocycles. The van der Waals surface area contributed by atoms with E-state index >= 15 is 0 Å². The SMILES string of the molecule is CNC(=O)NC(=N)NCC(C)(C)CC(C)(C)CN1CCCCOc2ccccc2CNC(=N)NC1=O. The van der Waals surface area contributed by atoms with Crippen LogP contribution in [-0.4, -0.2) is 62.2 Å². The summed E-state index contributed by atoms with van der Waals surface area (Å²) in [6.45, 7) is 10.9. The minimum atomic E-state index is -0.447. The molecule has 200 valence electrons. The largest absolute Gasteiger partial charge is 0.493 e. The van der Waals surface area contributed by atoms with Crippen molar-refractivity contribution in [3.8, 4) is 5.75 Å². The summed E-state index contributed by atoms with van der Waals surface area (Å²) in [5.74, 6) is 0.674. The molecule has 0 bridgehead atoms.